The van der Waals surface area contributed by atoms with Crippen LogP contribution in [0.5, 0.6) is 5.75 Å². The molecule has 0 bridgehead atoms. The van der Waals surface area contributed by atoms with Crippen LogP contribution in [0.2, 0.25) is 0 Å². The molecule has 1 heterocycles. The van der Waals surface area contributed by atoms with Gasteiger partial charge in [-0.25, -0.2) is 4.98 Å². The molecule has 0 spiro atoms. The first-order valence-corrected chi connectivity index (χ1v) is 10.2. The van der Waals surface area contributed by atoms with Gasteiger partial charge in [0.25, 0.3) is 0 Å². The lowest BCUT2D eigenvalue weighted by Gasteiger charge is -2.29. The molecule has 1 aromatic heterocycles. The highest BCUT2D eigenvalue weighted by Gasteiger charge is 2.33. The molecule has 0 aliphatic heterocycles. The van der Waals surface area contributed by atoms with Crippen molar-refractivity contribution < 1.29 is 9.47 Å². The van der Waals surface area contributed by atoms with Gasteiger partial charge in [0, 0.05) is 32.9 Å². The van der Waals surface area contributed by atoms with Crippen LogP contribution >= 0.6 is 24.0 Å². The molecule has 0 radical (unpaired) electrons. The number of aromatic nitrogens is 3. The Morgan fingerprint density at radius 2 is 1.90 bits per heavy atom. The molecule has 3 rings (SSSR count). The molecule has 0 amide bonds. The molecular formula is C21H33IN6O2. The van der Waals surface area contributed by atoms with Crippen LogP contribution in [-0.2, 0) is 11.3 Å². The predicted molar refractivity (Wildman–Crippen MR) is 129 cm³/mol. The quantitative estimate of drug-likeness (QED) is 0.263. The summed E-state index contributed by atoms with van der Waals surface area (Å²) in [7, 11) is 5.21. The number of aromatic amines is 1. The minimum absolute atomic E-state index is 0. The van der Waals surface area contributed by atoms with Crippen LogP contribution in [0.3, 0.4) is 0 Å². The molecule has 3 N–H and O–H groups in total. The number of halogens is 1. The van der Waals surface area contributed by atoms with E-state index in [1.165, 1.54) is 25.7 Å². The van der Waals surface area contributed by atoms with Gasteiger partial charge in [0.05, 0.1) is 13.7 Å². The Morgan fingerprint density at radius 3 is 2.53 bits per heavy atom. The van der Waals surface area contributed by atoms with Gasteiger partial charge in [-0.15, -0.1) is 24.0 Å². The van der Waals surface area contributed by atoms with Crippen LogP contribution in [0.1, 0.15) is 37.9 Å². The van der Waals surface area contributed by atoms with E-state index >= 15 is 0 Å². The van der Waals surface area contributed by atoms with Gasteiger partial charge in [-0.2, -0.15) is 5.10 Å². The number of H-pyrrole nitrogens is 1. The van der Waals surface area contributed by atoms with E-state index < -0.39 is 0 Å². The Balaban J connectivity index is 0.00000320. The standard InChI is InChI=1S/C21H32N6O2.HI/c1-22-20(24-15-21(12-13-28-2)10-4-5-11-21)23-14-18-25-19(27-26-18)16-6-8-17(29-3)9-7-16;/h6-9H,4-5,10-15H2,1-3H3,(H2,22,23,24)(H,25,26,27);1H. The van der Waals surface area contributed by atoms with Crippen LogP contribution in [0.4, 0.5) is 0 Å². The SMILES string of the molecule is CN=C(NCc1nc(-c2ccc(OC)cc2)n[nH]1)NCC1(CCOC)CCCC1.I. The molecule has 1 fully saturated rings. The number of methoxy groups -OCH3 is 2. The maximum atomic E-state index is 5.32. The molecule has 9 heteroatoms. The molecule has 1 saturated carbocycles. The summed E-state index contributed by atoms with van der Waals surface area (Å²) in [5, 5.41) is 14.1. The van der Waals surface area contributed by atoms with Gasteiger partial charge in [-0.1, -0.05) is 12.8 Å². The second kappa shape index (κ2) is 12.1. The molecule has 1 aliphatic rings. The normalized spacial score (nSPS) is 15.5. The van der Waals surface area contributed by atoms with Crippen molar-refractivity contribution in [1.82, 2.24) is 25.8 Å². The number of benzene rings is 1. The van der Waals surface area contributed by atoms with E-state index in [0.29, 0.717) is 17.8 Å². The average Bonchev–Trinajstić information content (AvgIpc) is 3.43. The van der Waals surface area contributed by atoms with Crippen molar-refractivity contribution in [2.24, 2.45) is 10.4 Å². The molecule has 0 unspecified atom stereocenters. The molecule has 30 heavy (non-hydrogen) atoms. The number of guanidine groups is 1. The van der Waals surface area contributed by atoms with E-state index in [2.05, 4.69) is 30.8 Å². The average molecular weight is 528 g/mol. The Morgan fingerprint density at radius 1 is 1.17 bits per heavy atom. The van der Waals surface area contributed by atoms with Gasteiger partial charge in [0.15, 0.2) is 11.8 Å². The Bertz CT molecular complexity index is 787. The molecule has 1 aliphatic carbocycles. The van der Waals surface area contributed by atoms with E-state index in [1.807, 2.05) is 24.3 Å². The zero-order valence-corrected chi connectivity index (χ0v) is 20.4. The maximum absolute atomic E-state index is 5.32. The van der Waals surface area contributed by atoms with Crippen LogP contribution in [0.25, 0.3) is 11.4 Å². The third-order valence-corrected chi connectivity index (χ3v) is 5.66. The fourth-order valence-electron chi connectivity index (χ4n) is 3.86. The smallest absolute Gasteiger partial charge is 0.191 e. The lowest BCUT2D eigenvalue weighted by Crippen LogP contribution is -2.43. The number of nitrogens with one attached hydrogen (secondary N) is 3. The summed E-state index contributed by atoms with van der Waals surface area (Å²) in [6.45, 7) is 2.23. The Hall–Kier alpha value is -1.88. The fraction of sp³-hybridized carbons (Fsp3) is 0.571. The van der Waals surface area contributed by atoms with Gasteiger partial charge in [-0.05, 0) is 48.9 Å². The molecule has 2 aromatic rings. The van der Waals surface area contributed by atoms with Gasteiger partial charge in [0.1, 0.15) is 11.6 Å². The maximum Gasteiger partial charge on any atom is 0.191 e. The molecule has 1 aromatic carbocycles. The molecular weight excluding hydrogens is 495 g/mol. The van der Waals surface area contributed by atoms with E-state index in [9.17, 15) is 0 Å². The minimum Gasteiger partial charge on any atom is -0.497 e. The van der Waals surface area contributed by atoms with Gasteiger partial charge in [-0.3, -0.25) is 10.1 Å². The van der Waals surface area contributed by atoms with E-state index in [-0.39, 0.29) is 24.0 Å². The monoisotopic (exact) mass is 528 g/mol. The molecule has 8 nitrogen and oxygen atoms in total. The van der Waals surface area contributed by atoms with Crippen molar-refractivity contribution >= 4 is 29.9 Å². The second-order valence-corrected chi connectivity index (χ2v) is 7.56. The number of hydrogen-bond acceptors (Lipinski definition) is 5. The van der Waals surface area contributed by atoms with Crippen molar-refractivity contribution in [2.75, 3.05) is 34.4 Å². The third-order valence-electron chi connectivity index (χ3n) is 5.66. The summed E-state index contributed by atoms with van der Waals surface area (Å²) in [5.74, 6) is 3.01. The fourth-order valence-corrected chi connectivity index (χ4v) is 3.86. The zero-order chi connectivity index (χ0) is 20.5. The van der Waals surface area contributed by atoms with Gasteiger partial charge >= 0.3 is 0 Å². The topological polar surface area (TPSA) is 96.5 Å². The minimum atomic E-state index is 0. The summed E-state index contributed by atoms with van der Waals surface area (Å²) in [4.78, 5) is 8.91. The summed E-state index contributed by atoms with van der Waals surface area (Å²) in [5.41, 5.74) is 1.25. The van der Waals surface area contributed by atoms with E-state index in [1.54, 1.807) is 21.3 Å². The molecule has 0 atom stereocenters. The van der Waals surface area contributed by atoms with Crippen molar-refractivity contribution in [3.05, 3.63) is 30.1 Å². The van der Waals surface area contributed by atoms with Gasteiger partial charge in [0.2, 0.25) is 0 Å². The first-order chi connectivity index (χ1) is 14.2. The van der Waals surface area contributed by atoms with Crippen LogP contribution in [0.15, 0.2) is 29.3 Å². The first-order valence-electron chi connectivity index (χ1n) is 10.2. The lowest BCUT2D eigenvalue weighted by atomic mass is 9.83. The lowest BCUT2D eigenvalue weighted by molar-refractivity contribution is 0.138. The Kier molecular flexibility index (Phi) is 9.83. The summed E-state index contributed by atoms with van der Waals surface area (Å²) >= 11 is 0. The van der Waals surface area contributed by atoms with Crippen molar-refractivity contribution in [1.29, 1.82) is 0 Å². The number of rotatable bonds is 9. The number of nitrogens with zero attached hydrogens (tertiary/aromatic N) is 3. The number of aliphatic imine (C=N–C) groups is 1. The van der Waals surface area contributed by atoms with Crippen molar-refractivity contribution in [3.63, 3.8) is 0 Å². The summed E-state index contributed by atoms with van der Waals surface area (Å²) < 4.78 is 10.5. The number of hydrogen-bond donors (Lipinski definition) is 3. The third kappa shape index (κ3) is 6.56. The predicted octanol–water partition coefficient (Wildman–Crippen LogP) is 3.36. The highest BCUT2D eigenvalue weighted by atomic mass is 127. The largest absolute Gasteiger partial charge is 0.497 e. The van der Waals surface area contributed by atoms with Gasteiger partial charge < -0.3 is 20.1 Å². The number of ether oxygens (including phenoxy) is 2. The molecule has 0 saturated heterocycles. The second-order valence-electron chi connectivity index (χ2n) is 7.56. The summed E-state index contributed by atoms with van der Waals surface area (Å²) in [6, 6.07) is 7.69. The van der Waals surface area contributed by atoms with Crippen molar-refractivity contribution in [3.8, 4) is 17.1 Å². The zero-order valence-electron chi connectivity index (χ0n) is 18.0. The van der Waals surface area contributed by atoms with Crippen LogP contribution < -0.4 is 15.4 Å². The van der Waals surface area contributed by atoms with E-state index in [4.69, 9.17) is 9.47 Å². The summed E-state index contributed by atoms with van der Waals surface area (Å²) in [6.07, 6.45) is 6.16. The highest BCUT2D eigenvalue weighted by Crippen LogP contribution is 2.40. The molecule has 166 valence electrons. The van der Waals surface area contributed by atoms with Crippen LogP contribution in [-0.4, -0.2) is 55.6 Å². The highest BCUT2D eigenvalue weighted by molar-refractivity contribution is 14.0. The first kappa shape index (κ1) is 24.4. The van der Waals surface area contributed by atoms with E-state index in [0.717, 1.165) is 42.7 Å². The van der Waals surface area contributed by atoms with Crippen molar-refractivity contribution in [2.45, 2.75) is 38.6 Å². The van der Waals surface area contributed by atoms with Crippen LogP contribution in [0, 0.1) is 5.41 Å². The Labute approximate surface area is 195 Å².